The molecule has 0 atom stereocenters. The van der Waals surface area contributed by atoms with E-state index in [0.29, 0.717) is 0 Å². The maximum Gasteiger partial charge on any atom is 0.223 e. The molecular formula is C16H24N2O. The standard InChI is InChI=1S/C16H24N2O/c1-3-18(15-9-4-6-13(2)12-15)11-10-17-16(19)14-7-5-8-14/h4,6,9,12,14H,3,5,7-8,10-11H2,1-2H3,(H,17,19). The predicted octanol–water partition coefficient (Wildman–Crippen LogP) is 2.74. The zero-order chi connectivity index (χ0) is 13.7. The van der Waals surface area contributed by atoms with Gasteiger partial charge in [-0.05, 0) is 44.4 Å². The Morgan fingerprint density at radius 1 is 1.42 bits per heavy atom. The zero-order valence-electron chi connectivity index (χ0n) is 12.0. The maximum absolute atomic E-state index is 11.8. The fraction of sp³-hybridized carbons (Fsp3) is 0.562. The molecule has 1 aromatic rings. The summed E-state index contributed by atoms with van der Waals surface area (Å²) in [5.74, 6) is 0.528. The van der Waals surface area contributed by atoms with Crippen molar-refractivity contribution in [1.82, 2.24) is 5.32 Å². The fourth-order valence-electron chi connectivity index (χ4n) is 2.42. The fourth-order valence-corrected chi connectivity index (χ4v) is 2.42. The lowest BCUT2D eigenvalue weighted by molar-refractivity contribution is -0.127. The van der Waals surface area contributed by atoms with Crippen molar-refractivity contribution in [3.8, 4) is 0 Å². The van der Waals surface area contributed by atoms with Crippen LogP contribution in [-0.2, 0) is 4.79 Å². The van der Waals surface area contributed by atoms with Crippen LogP contribution in [0.5, 0.6) is 0 Å². The molecule has 1 aliphatic carbocycles. The minimum atomic E-state index is 0.242. The largest absolute Gasteiger partial charge is 0.370 e. The van der Waals surface area contributed by atoms with Gasteiger partial charge in [-0.25, -0.2) is 0 Å². The molecule has 0 heterocycles. The van der Waals surface area contributed by atoms with Crippen molar-refractivity contribution in [3.63, 3.8) is 0 Å². The van der Waals surface area contributed by atoms with Crippen LogP contribution in [0.1, 0.15) is 31.7 Å². The molecule has 0 saturated heterocycles. The second-order valence-corrected chi connectivity index (χ2v) is 5.34. The summed E-state index contributed by atoms with van der Waals surface area (Å²) < 4.78 is 0. The van der Waals surface area contributed by atoms with Gasteiger partial charge in [-0.1, -0.05) is 18.6 Å². The van der Waals surface area contributed by atoms with Crippen LogP contribution < -0.4 is 10.2 Å². The van der Waals surface area contributed by atoms with E-state index in [1.807, 2.05) is 0 Å². The van der Waals surface area contributed by atoms with Gasteiger partial charge in [0.15, 0.2) is 0 Å². The minimum absolute atomic E-state index is 0.242. The number of hydrogen-bond acceptors (Lipinski definition) is 2. The Bertz CT molecular complexity index is 427. The van der Waals surface area contributed by atoms with Crippen LogP contribution in [0, 0.1) is 12.8 Å². The summed E-state index contributed by atoms with van der Waals surface area (Å²) in [6.45, 7) is 6.82. The third-order valence-electron chi connectivity index (χ3n) is 3.91. The van der Waals surface area contributed by atoms with Gasteiger partial charge in [0.2, 0.25) is 5.91 Å². The van der Waals surface area contributed by atoms with Crippen molar-refractivity contribution in [2.45, 2.75) is 33.1 Å². The summed E-state index contributed by atoms with van der Waals surface area (Å²) in [6, 6.07) is 8.51. The van der Waals surface area contributed by atoms with Gasteiger partial charge in [-0.3, -0.25) is 4.79 Å². The summed E-state index contributed by atoms with van der Waals surface area (Å²) in [4.78, 5) is 14.1. The molecule has 0 aromatic heterocycles. The normalized spacial score (nSPS) is 14.8. The van der Waals surface area contributed by atoms with Gasteiger partial charge in [0.25, 0.3) is 0 Å². The number of anilines is 1. The van der Waals surface area contributed by atoms with E-state index >= 15 is 0 Å². The lowest BCUT2D eigenvalue weighted by atomic mass is 9.85. The molecule has 0 unspecified atom stereocenters. The molecule has 19 heavy (non-hydrogen) atoms. The summed E-state index contributed by atoms with van der Waals surface area (Å²) in [5, 5.41) is 3.05. The molecule has 3 heteroatoms. The Balaban J connectivity index is 1.80. The van der Waals surface area contributed by atoms with Crippen molar-refractivity contribution in [3.05, 3.63) is 29.8 Å². The second-order valence-electron chi connectivity index (χ2n) is 5.34. The Morgan fingerprint density at radius 2 is 2.21 bits per heavy atom. The van der Waals surface area contributed by atoms with Crippen LogP contribution in [0.15, 0.2) is 24.3 Å². The number of nitrogens with zero attached hydrogens (tertiary/aromatic N) is 1. The lowest BCUT2D eigenvalue weighted by Gasteiger charge is -2.26. The molecule has 104 valence electrons. The van der Waals surface area contributed by atoms with Crippen LogP contribution in [0.3, 0.4) is 0 Å². The highest BCUT2D eigenvalue weighted by Crippen LogP contribution is 2.26. The van der Waals surface area contributed by atoms with Crippen LogP contribution in [0.25, 0.3) is 0 Å². The van der Waals surface area contributed by atoms with Crippen molar-refractivity contribution >= 4 is 11.6 Å². The van der Waals surface area contributed by atoms with E-state index < -0.39 is 0 Å². The Hall–Kier alpha value is -1.51. The average molecular weight is 260 g/mol. The summed E-state index contributed by atoms with van der Waals surface area (Å²) >= 11 is 0. The number of carbonyl (C=O) groups is 1. The van der Waals surface area contributed by atoms with Crippen molar-refractivity contribution in [2.24, 2.45) is 5.92 Å². The monoisotopic (exact) mass is 260 g/mol. The third-order valence-corrected chi connectivity index (χ3v) is 3.91. The molecule has 1 aliphatic rings. The lowest BCUT2D eigenvalue weighted by Crippen LogP contribution is -2.39. The summed E-state index contributed by atoms with van der Waals surface area (Å²) in [7, 11) is 0. The Morgan fingerprint density at radius 3 is 2.79 bits per heavy atom. The highest BCUT2D eigenvalue weighted by Gasteiger charge is 2.24. The Labute approximate surface area is 116 Å². The van der Waals surface area contributed by atoms with Gasteiger partial charge >= 0.3 is 0 Å². The molecule has 1 amide bonds. The molecule has 1 saturated carbocycles. The number of carbonyl (C=O) groups excluding carboxylic acids is 1. The number of aryl methyl sites for hydroxylation is 1. The first-order valence-electron chi connectivity index (χ1n) is 7.30. The second kappa shape index (κ2) is 6.60. The molecule has 0 spiro atoms. The SMILES string of the molecule is CCN(CCNC(=O)C1CCC1)c1cccc(C)c1. The van der Waals surface area contributed by atoms with Crippen molar-refractivity contribution < 1.29 is 4.79 Å². The molecule has 0 radical (unpaired) electrons. The number of hydrogen-bond donors (Lipinski definition) is 1. The minimum Gasteiger partial charge on any atom is -0.370 e. The number of benzene rings is 1. The highest BCUT2D eigenvalue weighted by molar-refractivity contribution is 5.79. The highest BCUT2D eigenvalue weighted by atomic mass is 16.1. The maximum atomic E-state index is 11.8. The predicted molar refractivity (Wildman–Crippen MR) is 79.4 cm³/mol. The van der Waals surface area contributed by atoms with Gasteiger partial charge in [-0.15, -0.1) is 0 Å². The van der Waals surface area contributed by atoms with Crippen LogP contribution in [0.2, 0.25) is 0 Å². The number of likely N-dealkylation sites (N-methyl/N-ethyl adjacent to an activating group) is 1. The molecule has 0 aliphatic heterocycles. The van der Waals surface area contributed by atoms with E-state index in [1.165, 1.54) is 17.7 Å². The first kappa shape index (κ1) is 13.9. The van der Waals surface area contributed by atoms with E-state index in [0.717, 1.165) is 32.5 Å². The first-order chi connectivity index (χ1) is 9.20. The molecule has 0 bridgehead atoms. The number of nitrogens with one attached hydrogen (secondary N) is 1. The van der Waals surface area contributed by atoms with Gasteiger partial charge in [0, 0.05) is 31.2 Å². The van der Waals surface area contributed by atoms with Crippen molar-refractivity contribution in [2.75, 3.05) is 24.5 Å². The van der Waals surface area contributed by atoms with Crippen molar-refractivity contribution in [1.29, 1.82) is 0 Å². The third kappa shape index (κ3) is 3.72. The van der Waals surface area contributed by atoms with E-state index in [1.54, 1.807) is 0 Å². The van der Waals surface area contributed by atoms with Crippen LogP contribution >= 0.6 is 0 Å². The quantitative estimate of drug-likeness (QED) is 0.853. The molecule has 1 aromatic carbocycles. The van der Waals surface area contributed by atoms with E-state index in [9.17, 15) is 4.79 Å². The average Bonchev–Trinajstić information content (AvgIpc) is 2.32. The van der Waals surface area contributed by atoms with Gasteiger partial charge in [0.1, 0.15) is 0 Å². The van der Waals surface area contributed by atoms with E-state index in [2.05, 4.69) is 48.3 Å². The first-order valence-corrected chi connectivity index (χ1v) is 7.30. The van der Waals surface area contributed by atoms with Gasteiger partial charge < -0.3 is 10.2 Å². The molecule has 3 nitrogen and oxygen atoms in total. The van der Waals surface area contributed by atoms with Crippen LogP contribution in [0.4, 0.5) is 5.69 Å². The topological polar surface area (TPSA) is 32.3 Å². The summed E-state index contributed by atoms with van der Waals surface area (Å²) in [6.07, 6.45) is 3.35. The zero-order valence-corrected chi connectivity index (χ0v) is 12.0. The molecular weight excluding hydrogens is 236 g/mol. The van der Waals surface area contributed by atoms with E-state index in [-0.39, 0.29) is 11.8 Å². The van der Waals surface area contributed by atoms with Gasteiger partial charge in [-0.2, -0.15) is 0 Å². The van der Waals surface area contributed by atoms with E-state index in [4.69, 9.17) is 0 Å². The molecule has 1 fully saturated rings. The smallest absolute Gasteiger partial charge is 0.223 e. The summed E-state index contributed by atoms with van der Waals surface area (Å²) in [5.41, 5.74) is 2.51. The number of rotatable bonds is 6. The number of amides is 1. The van der Waals surface area contributed by atoms with Gasteiger partial charge in [0.05, 0.1) is 0 Å². The molecule has 1 N–H and O–H groups in total. The molecule has 2 rings (SSSR count). The van der Waals surface area contributed by atoms with Crippen LogP contribution in [-0.4, -0.2) is 25.5 Å². The Kier molecular flexibility index (Phi) is 4.83.